The van der Waals surface area contributed by atoms with Crippen LogP contribution in [0, 0.1) is 0 Å². The Balaban J connectivity index is 1.82. The van der Waals surface area contributed by atoms with Gasteiger partial charge in [0, 0.05) is 11.9 Å². The van der Waals surface area contributed by atoms with Crippen LogP contribution in [0.2, 0.25) is 0 Å². The molecule has 0 bridgehead atoms. The van der Waals surface area contributed by atoms with Crippen LogP contribution in [0.25, 0.3) is 11.0 Å². The SMILES string of the molecule is CN(Cc1ccc(Br)s1)C(=O)Cn1c(SC(F)F)nc2ccccc21. The third-order valence-electron chi connectivity index (χ3n) is 3.56. The number of rotatable bonds is 6. The maximum Gasteiger partial charge on any atom is 0.291 e. The van der Waals surface area contributed by atoms with Gasteiger partial charge in [-0.1, -0.05) is 12.1 Å². The number of thiophene rings is 1. The van der Waals surface area contributed by atoms with Gasteiger partial charge in [0.15, 0.2) is 5.16 Å². The molecule has 25 heavy (non-hydrogen) atoms. The second-order valence-electron chi connectivity index (χ2n) is 5.30. The first kappa shape index (κ1) is 18.3. The molecule has 9 heteroatoms. The van der Waals surface area contributed by atoms with Crippen LogP contribution in [0.15, 0.2) is 45.3 Å². The number of para-hydroxylation sites is 2. The maximum absolute atomic E-state index is 12.8. The lowest BCUT2D eigenvalue weighted by molar-refractivity contribution is -0.131. The van der Waals surface area contributed by atoms with E-state index in [0.29, 0.717) is 29.3 Å². The second kappa shape index (κ2) is 7.84. The Kier molecular flexibility index (Phi) is 5.75. The van der Waals surface area contributed by atoms with Crippen molar-refractivity contribution in [3.63, 3.8) is 0 Å². The number of halogens is 3. The van der Waals surface area contributed by atoms with E-state index in [0.717, 1.165) is 8.66 Å². The predicted octanol–water partition coefficient (Wildman–Crippen LogP) is 4.83. The number of hydrogen-bond donors (Lipinski definition) is 0. The Morgan fingerprint density at radius 3 is 2.80 bits per heavy atom. The second-order valence-corrected chi connectivity index (χ2v) is 8.81. The summed E-state index contributed by atoms with van der Waals surface area (Å²) in [5, 5.41) is 0.150. The molecule has 2 aromatic heterocycles. The molecule has 1 amide bonds. The van der Waals surface area contributed by atoms with Crippen molar-refractivity contribution in [3.8, 4) is 0 Å². The van der Waals surface area contributed by atoms with Gasteiger partial charge >= 0.3 is 0 Å². The highest BCUT2D eigenvalue weighted by atomic mass is 79.9. The van der Waals surface area contributed by atoms with Gasteiger partial charge in [0.25, 0.3) is 5.76 Å². The van der Waals surface area contributed by atoms with Crippen LogP contribution in [-0.2, 0) is 17.9 Å². The van der Waals surface area contributed by atoms with Crippen LogP contribution >= 0.6 is 39.0 Å². The third kappa shape index (κ3) is 4.39. The molecular formula is C16H14BrF2N3OS2. The molecule has 3 aromatic rings. The molecule has 0 saturated carbocycles. The fourth-order valence-electron chi connectivity index (χ4n) is 2.39. The van der Waals surface area contributed by atoms with E-state index in [1.54, 1.807) is 52.1 Å². The van der Waals surface area contributed by atoms with Gasteiger partial charge in [-0.2, -0.15) is 8.78 Å². The first-order valence-corrected chi connectivity index (χ1v) is 9.81. The van der Waals surface area contributed by atoms with E-state index in [4.69, 9.17) is 0 Å². The summed E-state index contributed by atoms with van der Waals surface area (Å²) in [6, 6.07) is 11.0. The summed E-state index contributed by atoms with van der Waals surface area (Å²) in [4.78, 5) is 19.4. The zero-order valence-electron chi connectivity index (χ0n) is 13.2. The molecule has 0 unspecified atom stereocenters. The molecule has 0 aliphatic rings. The summed E-state index contributed by atoms with van der Waals surface area (Å²) < 4.78 is 28.2. The van der Waals surface area contributed by atoms with Crippen LogP contribution in [0.1, 0.15) is 4.88 Å². The van der Waals surface area contributed by atoms with Crippen LogP contribution in [-0.4, -0.2) is 33.2 Å². The number of benzene rings is 1. The Hall–Kier alpha value is -1.45. The minimum atomic E-state index is -2.59. The molecular weight excluding hydrogens is 432 g/mol. The lowest BCUT2D eigenvalue weighted by Gasteiger charge is -2.17. The number of carbonyl (C=O) groups excluding carboxylic acids is 1. The van der Waals surface area contributed by atoms with Gasteiger partial charge in [0.05, 0.1) is 21.4 Å². The first-order chi connectivity index (χ1) is 11.9. The molecule has 0 atom stereocenters. The summed E-state index contributed by atoms with van der Waals surface area (Å²) in [5.41, 5.74) is 1.27. The summed E-state index contributed by atoms with van der Waals surface area (Å²) in [6.45, 7) is 0.442. The van der Waals surface area contributed by atoms with E-state index in [2.05, 4.69) is 20.9 Å². The van der Waals surface area contributed by atoms with Gasteiger partial charge < -0.3 is 9.47 Å². The fraction of sp³-hybridized carbons (Fsp3) is 0.250. The van der Waals surface area contributed by atoms with E-state index >= 15 is 0 Å². The largest absolute Gasteiger partial charge is 0.339 e. The van der Waals surface area contributed by atoms with E-state index < -0.39 is 5.76 Å². The Bertz CT molecular complexity index is 897. The Labute approximate surface area is 160 Å². The summed E-state index contributed by atoms with van der Waals surface area (Å²) in [5.74, 6) is -2.75. The zero-order chi connectivity index (χ0) is 18.0. The van der Waals surface area contributed by atoms with Crippen molar-refractivity contribution in [2.45, 2.75) is 24.0 Å². The minimum absolute atomic E-state index is 0.0292. The predicted molar refractivity (Wildman–Crippen MR) is 100 cm³/mol. The van der Waals surface area contributed by atoms with E-state index in [1.807, 2.05) is 12.1 Å². The molecule has 0 radical (unpaired) electrons. The van der Waals surface area contributed by atoms with Crippen molar-refractivity contribution < 1.29 is 13.6 Å². The fourth-order valence-corrected chi connectivity index (χ4v) is 4.53. The summed E-state index contributed by atoms with van der Waals surface area (Å²) in [6.07, 6.45) is 0. The van der Waals surface area contributed by atoms with Crippen LogP contribution in [0.5, 0.6) is 0 Å². The van der Waals surface area contributed by atoms with Crippen LogP contribution in [0.3, 0.4) is 0 Å². The van der Waals surface area contributed by atoms with Gasteiger partial charge in [-0.15, -0.1) is 11.3 Å². The number of thioether (sulfide) groups is 1. The average molecular weight is 446 g/mol. The molecule has 0 fully saturated rings. The molecule has 1 aromatic carbocycles. The lowest BCUT2D eigenvalue weighted by atomic mass is 10.3. The summed E-state index contributed by atoms with van der Waals surface area (Å²) >= 11 is 5.31. The van der Waals surface area contributed by atoms with Gasteiger partial charge in [0.1, 0.15) is 6.54 Å². The first-order valence-electron chi connectivity index (χ1n) is 7.32. The molecule has 0 aliphatic heterocycles. The van der Waals surface area contributed by atoms with Crippen molar-refractivity contribution in [1.82, 2.24) is 14.5 Å². The molecule has 3 rings (SSSR count). The number of carbonyl (C=O) groups is 1. The standard InChI is InChI=1S/C16H14BrF2N3OS2/c1-21(8-10-6-7-13(17)24-10)14(23)9-22-12-5-3-2-4-11(12)20-16(22)25-15(18)19/h2-7,15H,8-9H2,1H3. The van der Waals surface area contributed by atoms with Crippen LogP contribution < -0.4 is 0 Å². The number of aromatic nitrogens is 2. The highest BCUT2D eigenvalue weighted by Crippen LogP contribution is 2.29. The summed E-state index contributed by atoms with van der Waals surface area (Å²) in [7, 11) is 1.70. The number of amides is 1. The minimum Gasteiger partial charge on any atom is -0.339 e. The van der Waals surface area contributed by atoms with Crippen molar-refractivity contribution in [3.05, 3.63) is 45.1 Å². The molecule has 0 N–H and O–H groups in total. The van der Waals surface area contributed by atoms with Crippen molar-refractivity contribution >= 4 is 56.0 Å². The highest BCUT2D eigenvalue weighted by molar-refractivity contribution is 9.11. The average Bonchev–Trinajstić information content (AvgIpc) is 3.11. The van der Waals surface area contributed by atoms with Gasteiger partial charge in [0.2, 0.25) is 5.91 Å². The molecule has 0 spiro atoms. The molecule has 2 heterocycles. The normalized spacial score (nSPS) is 11.4. The number of likely N-dealkylation sites (N-methyl/N-ethyl adjacent to an activating group) is 1. The van der Waals surface area contributed by atoms with E-state index in [1.165, 1.54) is 0 Å². The molecule has 132 valence electrons. The molecule has 0 saturated heterocycles. The smallest absolute Gasteiger partial charge is 0.291 e. The highest BCUT2D eigenvalue weighted by Gasteiger charge is 2.19. The van der Waals surface area contributed by atoms with Crippen molar-refractivity contribution in [2.75, 3.05) is 7.05 Å². The number of imidazole rings is 1. The van der Waals surface area contributed by atoms with Crippen molar-refractivity contribution in [2.24, 2.45) is 0 Å². The van der Waals surface area contributed by atoms with Gasteiger partial charge in [-0.05, 0) is 52.0 Å². The number of hydrogen-bond acceptors (Lipinski definition) is 4. The lowest BCUT2D eigenvalue weighted by Crippen LogP contribution is -2.29. The maximum atomic E-state index is 12.8. The van der Waals surface area contributed by atoms with Gasteiger partial charge in [-0.3, -0.25) is 4.79 Å². The van der Waals surface area contributed by atoms with E-state index in [-0.39, 0.29) is 17.6 Å². The Morgan fingerprint density at radius 1 is 1.36 bits per heavy atom. The van der Waals surface area contributed by atoms with Crippen LogP contribution in [0.4, 0.5) is 8.78 Å². The Morgan fingerprint density at radius 2 is 2.12 bits per heavy atom. The quantitative estimate of drug-likeness (QED) is 0.509. The van der Waals surface area contributed by atoms with E-state index in [9.17, 15) is 13.6 Å². The monoisotopic (exact) mass is 445 g/mol. The third-order valence-corrected chi connectivity index (χ3v) is 5.86. The van der Waals surface area contributed by atoms with Crippen molar-refractivity contribution in [1.29, 1.82) is 0 Å². The molecule has 0 aliphatic carbocycles. The van der Waals surface area contributed by atoms with Gasteiger partial charge in [-0.25, -0.2) is 4.98 Å². The number of alkyl halides is 2. The topological polar surface area (TPSA) is 38.1 Å². The number of nitrogens with zero attached hydrogens (tertiary/aromatic N) is 3. The zero-order valence-corrected chi connectivity index (χ0v) is 16.4. The number of fused-ring (bicyclic) bond motifs is 1. The molecule has 4 nitrogen and oxygen atoms in total.